The van der Waals surface area contributed by atoms with E-state index in [0.29, 0.717) is 29.9 Å². The number of benzene rings is 1. The molecule has 29 heavy (non-hydrogen) atoms. The molecule has 1 atom stereocenters. The van der Waals surface area contributed by atoms with Gasteiger partial charge in [-0.15, -0.1) is 0 Å². The molecular formula is C20H25FN4O4. The minimum Gasteiger partial charge on any atom is -0.466 e. The third-order valence-electron chi connectivity index (χ3n) is 4.15. The van der Waals surface area contributed by atoms with Gasteiger partial charge >= 0.3 is 6.03 Å². The van der Waals surface area contributed by atoms with Crippen LogP contribution in [0.4, 0.5) is 9.18 Å². The summed E-state index contributed by atoms with van der Waals surface area (Å²) in [5, 5.41) is 5.18. The number of hydrogen-bond donors (Lipinski definition) is 4. The third kappa shape index (κ3) is 6.63. The highest BCUT2D eigenvalue weighted by atomic mass is 19.1. The summed E-state index contributed by atoms with van der Waals surface area (Å²) in [7, 11) is 0. The Hall–Kier alpha value is -3.36. The molecule has 1 aromatic carbocycles. The molecule has 156 valence electrons. The second-order valence-corrected chi connectivity index (χ2v) is 6.57. The fourth-order valence-electron chi connectivity index (χ4n) is 2.68. The van der Waals surface area contributed by atoms with E-state index in [2.05, 4.69) is 21.5 Å². The Morgan fingerprint density at radius 3 is 2.38 bits per heavy atom. The van der Waals surface area contributed by atoms with Crippen LogP contribution in [0.5, 0.6) is 0 Å². The van der Waals surface area contributed by atoms with Crippen LogP contribution in [0.2, 0.25) is 0 Å². The minimum absolute atomic E-state index is 0.183. The molecule has 1 unspecified atom stereocenters. The van der Waals surface area contributed by atoms with Gasteiger partial charge in [-0.1, -0.05) is 25.5 Å². The number of carbonyl (C=O) groups excluding carboxylic acids is 3. The van der Waals surface area contributed by atoms with E-state index < -0.39 is 23.9 Å². The molecular weight excluding hydrogens is 379 g/mol. The number of amides is 4. The Morgan fingerprint density at radius 1 is 1.10 bits per heavy atom. The Balaban J connectivity index is 1.85. The van der Waals surface area contributed by atoms with Crippen molar-refractivity contribution in [2.75, 3.05) is 0 Å². The normalized spacial score (nSPS) is 11.4. The third-order valence-corrected chi connectivity index (χ3v) is 4.15. The molecule has 0 aliphatic rings. The lowest BCUT2D eigenvalue weighted by molar-refractivity contribution is -0.123. The van der Waals surface area contributed by atoms with E-state index in [-0.39, 0.29) is 12.4 Å². The lowest BCUT2D eigenvalue weighted by Crippen LogP contribution is -2.54. The van der Waals surface area contributed by atoms with Gasteiger partial charge < -0.3 is 15.1 Å². The Morgan fingerprint density at radius 2 is 1.79 bits per heavy atom. The number of nitrogens with one attached hydrogen (secondary N) is 4. The number of hydrogen-bond acceptors (Lipinski definition) is 4. The van der Waals surface area contributed by atoms with Crippen molar-refractivity contribution in [3.63, 3.8) is 0 Å². The Bertz CT molecular complexity index is 864. The number of aryl methyl sites for hydroxylation is 2. The molecule has 0 aliphatic heterocycles. The van der Waals surface area contributed by atoms with E-state index in [9.17, 15) is 18.8 Å². The molecule has 4 amide bonds. The van der Waals surface area contributed by atoms with Gasteiger partial charge in [-0.2, -0.15) is 0 Å². The van der Waals surface area contributed by atoms with Crippen LogP contribution in [-0.4, -0.2) is 23.9 Å². The molecule has 0 spiro atoms. The number of hydrazine groups is 1. The number of urea groups is 1. The molecule has 8 nitrogen and oxygen atoms in total. The number of furan rings is 1. The molecule has 2 rings (SSSR count). The highest BCUT2D eigenvalue weighted by Crippen LogP contribution is 2.13. The first-order valence-corrected chi connectivity index (χ1v) is 9.26. The van der Waals surface area contributed by atoms with E-state index >= 15 is 0 Å². The predicted octanol–water partition coefficient (Wildman–Crippen LogP) is 2.46. The van der Waals surface area contributed by atoms with Crippen molar-refractivity contribution in [1.82, 2.24) is 21.5 Å². The predicted molar refractivity (Wildman–Crippen MR) is 104 cm³/mol. The highest BCUT2D eigenvalue weighted by molar-refractivity contribution is 5.97. The Kier molecular flexibility index (Phi) is 7.76. The van der Waals surface area contributed by atoms with Crippen LogP contribution in [0.25, 0.3) is 0 Å². The number of carbonyl (C=O) groups is 3. The van der Waals surface area contributed by atoms with Gasteiger partial charge in [0.25, 0.3) is 11.8 Å². The van der Waals surface area contributed by atoms with Gasteiger partial charge in [0.05, 0.1) is 5.56 Å². The Labute approximate surface area is 168 Å². The van der Waals surface area contributed by atoms with Crippen LogP contribution in [0.3, 0.4) is 0 Å². The molecule has 2 aromatic rings. The summed E-state index contributed by atoms with van der Waals surface area (Å²) < 4.78 is 18.2. The van der Waals surface area contributed by atoms with Crippen molar-refractivity contribution in [3.05, 3.63) is 58.8 Å². The van der Waals surface area contributed by atoms with Crippen molar-refractivity contribution in [2.45, 2.75) is 46.2 Å². The molecule has 4 N–H and O–H groups in total. The van der Waals surface area contributed by atoms with Crippen LogP contribution < -0.4 is 21.5 Å². The summed E-state index contributed by atoms with van der Waals surface area (Å²) in [6.45, 7) is 5.42. The van der Waals surface area contributed by atoms with E-state index in [0.717, 1.165) is 5.56 Å². The average Bonchev–Trinajstić information content (AvgIpc) is 3.03. The molecule has 0 saturated carbocycles. The van der Waals surface area contributed by atoms with E-state index in [1.165, 1.54) is 12.1 Å². The zero-order chi connectivity index (χ0) is 21.4. The summed E-state index contributed by atoms with van der Waals surface area (Å²) in [6.07, 6.45) is 1.03. The van der Waals surface area contributed by atoms with Gasteiger partial charge in [0.15, 0.2) is 0 Å². The molecule has 0 aliphatic carbocycles. The van der Waals surface area contributed by atoms with Crippen LogP contribution in [0, 0.1) is 19.7 Å². The van der Waals surface area contributed by atoms with Gasteiger partial charge in [0.1, 0.15) is 23.4 Å². The SMILES string of the molecule is CCCC(NC(=O)NCc1ccc(F)cc1)C(=O)NNC(=O)c1cc(C)oc1C. The second-order valence-electron chi connectivity index (χ2n) is 6.57. The summed E-state index contributed by atoms with van der Waals surface area (Å²) in [5.41, 5.74) is 5.68. The van der Waals surface area contributed by atoms with Crippen LogP contribution in [-0.2, 0) is 11.3 Å². The first-order valence-electron chi connectivity index (χ1n) is 9.26. The van der Waals surface area contributed by atoms with Crippen LogP contribution >= 0.6 is 0 Å². The van der Waals surface area contributed by atoms with Crippen LogP contribution in [0.1, 0.15) is 47.2 Å². The van der Waals surface area contributed by atoms with Gasteiger partial charge in [-0.05, 0) is 44.0 Å². The van der Waals surface area contributed by atoms with Gasteiger partial charge in [-0.25, -0.2) is 9.18 Å². The summed E-state index contributed by atoms with van der Waals surface area (Å²) in [4.78, 5) is 36.6. The number of halogens is 1. The van der Waals surface area contributed by atoms with Crippen molar-refractivity contribution in [1.29, 1.82) is 0 Å². The summed E-state index contributed by atoms with van der Waals surface area (Å²) in [5.74, 6) is -0.389. The standard InChI is InChI=1S/C20H25FN4O4/c1-4-5-17(23-20(28)22-11-14-6-8-15(21)9-7-14)19(27)25-24-18(26)16-10-12(2)29-13(16)3/h6-10,17H,4-5,11H2,1-3H3,(H,24,26)(H,25,27)(H2,22,23,28). The maximum Gasteiger partial charge on any atom is 0.315 e. The lowest BCUT2D eigenvalue weighted by Gasteiger charge is -2.18. The zero-order valence-corrected chi connectivity index (χ0v) is 16.6. The van der Waals surface area contributed by atoms with Gasteiger partial charge in [0, 0.05) is 6.54 Å². The maximum absolute atomic E-state index is 12.9. The first-order chi connectivity index (χ1) is 13.8. The van der Waals surface area contributed by atoms with E-state index in [1.807, 2.05) is 6.92 Å². The lowest BCUT2D eigenvalue weighted by atomic mass is 10.1. The van der Waals surface area contributed by atoms with Crippen LogP contribution in [0.15, 0.2) is 34.7 Å². The van der Waals surface area contributed by atoms with Gasteiger partial charge in [-0.3, -0.25) is 20.4 Å². The fourth-order valence-corrected chi connectivity index (χ4v) is 2.68. The minimum atomic E-state index is -0.833. The number of rotatable bonds is 7. The monoisotopic (exact) mass is 404 g/mol. The smallest absolute Gasteiger partial charge is 0.315 e. The van der Waals surface area contributed by atoms with Crippen molar-refractivity contribution >= 4 is 17.8 Å². The maximum atomic E-state index is 12.9. The van der Waals surface area contributed by atoms with Crippen molar-refractivity contribution < 1.29 is 23.2 Å². The second kappa shape index (κ2) is 10.3. The van der Waals surface area contributed by atoms with Crippen molar-refractivity contribution in [3.8, 4) is 0 Å². The molecule has 1 heterocycles. The average molecular weight is 404 g/mol. The molecule has 1 aromatic heterocycles. The highest BCUT2D eigenvalue weighted by Gasteiger charge is 2.21. The molecule has 9 heteroatoms. The molecule has 0 bridgehead atoms. The summed E-state index contributed by atoms with van der Waals surface area (Å²) in [6, 6.07) is 5.90. The van der Waals surface area contributed by atoms with E-state index in [4.69, 9.17) is 4.42 Å². The zero-order valence-electron chi connectivity index (χ0n) is 16.6. The first kappa shape index (κ1) is 21.9. The topological polar surface area (TPSA) is 112 Å². The fraction of sp³-hybridized carbons (Fsp3) is 0.350. The largest absolute Gasteiger partial charge is 0.466 e. The molecule has 0 saturated heterocycles. The van der Waals surface area contributed by atoms with Gasteiger partial charge in [0.2, 0.25) is 0 Å². The molecule has 0 fully saturated rings. The quantitative estimate of drug-likeness (QED) is 0.531. The van der Waals surface area contributed by atoms with Crippen molar-refractivity contribution in [2.24, 2.45) is 0 Å². The summed E-state index contributed by atoms with van der Waals surface area (Å²) >= 11 is 0. The van der Waals surface area contributed by atoms with E-state index in [1.54, 1.807) is 32.0 Å². The molecule has 0 radical (unpaired) electrons.